The summed E-state index contributed by atoms with van der Waals surface area (Å²) in [5, 5.41) is 3.95. The predicted octanol–water partition coefficient (Wildman–Crippen LogP) is 3.97. The summed E-state index contributed by atoms with van der Waals surface area (Å²) >= 11 is 0. The highest BCUT2D eigenvalue weighted by Gasteiger charge is 2.18. The van der Waals surface area contributed by atoms with Crippen LogP contribution in [0.15, 0.2) is 40.8 Å². The number of aromatic nitrogens is 1. The number of benzene rings is 1. The van der Waals surface area contributed by atoms with Crippen LogP contribution in [-0.2, 0) is 7.05 Å². The summed E-state index contributed by atoms with van der Waals surface area (Å²) in [4.78, 5) is 12.4. The summed E-state index contributed by atoms with van der Waals surface area (Å²) < 4.78 is 13.4. The average Bonchev–Trinajstić information content (AvgIpc) is 3.13. The summed E-state index contributed by atoms with van der Waals surface area (Å²) in [5.41, 5.74) is 2.38. The van der Waals surface area contributed by atoms with Crippen molar-refractivity contribution in [1.82, 2.24) is 9.88 Å². The second-order valence-electron chi connectivity index (χ2n) is 5.87. The third-order valence-corrected chi connectivity index (χ3v) is 4.21. The number of furan rings is 1. The van der Waals surface area contributed by atoms with Gasteiger partial charge in [-0.2, -0.15) is 0 Å². The molecule has 2 aromatic heterocycles. The Labute approximate surface area is 141 Å². The fourth-order valence-electron chi connectivity index (χ4n) is 2.72. The number of nitrogens with one attached hydrogen (secondary N) is 1. The Bertz CT molecular complexity index is 876. The van der Waals surface area contributed by atoms with E-state index in [4.69, 9.17) is 9.15 Å². The SMILES string of the molecule is CCOc1cccc2cc(C(C)NC(=O)c3ccc(C)n3C)oc12. The van der Waals surface area contributed by atoms with Crippen LogP contribution in [0.1, 0.15) is 41.8 Å². The molecule has 1 amide bonds. The fraction of sp³-hybridized carbons (Fsp3) is 0.316. The monoisotopic (exact) mass is 326 g/mol. The van der Waals surface area contributed by atoms with Gasteiger partial charge in [-0.05, 0) is 45.0 Å². The standard InChI is InChI=1S/C19H22N2O3/c1-5-23-16-8-6-7-14-11-17(24-18(14)16)13(3)20-19(22)15-10-9-12(2)21(15)4/h6-11,13H,5H2,1-4H3,(H,20,22). The van der Waals surface area contributed by atoms with Crippen molar-refractivity contribution in [2.75, 3.05) is 6.61 Å². The fourth-order valence-corrected chi connectivity index (χ4v) is 2.72. The molecule has 0 radical (unpaired) electrons. The molecule has 0 fully saturated rings. The first kappa shape index (κ1) is 16.2. The van der Waals surface area contributed by atoms with Gasteiger partial charge >= 0.3 is 0 Å². The lowest BCUT2D eigenvalue weighted by atomic mass is 10.2. The van der Waals surface area contributed by atoms with E-state index in [2.05, 4.69) is 5.32 Å². The molecule has 1 aromatic carbocycles. The van der Waals surface area contributed by atoms with Gasteiger partial charge in [0.05, 0.1) is 12.6 Å². The number of rotatable bonds is 5. The molecule has 1 N–H and O–H groups in total. The first-order valence-corrected chi connectivity index (χ1v) is 8.09. The molecule has 0 saturated carbocycles. The Balaban J connectivity index is 1.83. The van der Waals surface area contributed by atoms with Gasteiger partial charge in [0.2, 0.25) is 0 Å². The van der Waals surface area contributed by atoms with Crippen molar-refractivity contribution in [3.8, 4) is 5.75 Å². The number of hydrogen-bond acceptors (Lipinski definition) is 3. The van der Waals surface area contributed by atoms with Crippen molar-refractivity contribution in [1.29, 1.82) is 0 Å². The molecule has 5 nitrogen and oxygen atoms in total. The number of carbonyl (C=O) groups excluding carboxylic acids is 1. The molecule has 24 heavy (non-hydrogen) atoms. The highest BCUT2D eigenvalue weighted by molar-refractivity contribution is 5.93. The van der Waals surface area contributed by atoms with E-state index in [0.717, 1.165) is 16.8 Å². The van der Waals surface area contributed by atoms with E-state index in [-0.39, 0.29) is 11.9 Å². The number of aryl methyl sites for hydroxylation is 1. The molecule has 0 aliphatic heterocycles. The number of hydrogen-bond donors (Lipinski definition) is 1. The van der Waals surface area contributed by atoms with E-state index >= 15 is 0 Å². The maximum atomic E-state index is 12.4. The largest absolute Gasteiger partial charge is 0.490 e. The van der Waals surface area contributed by atoms with Gasteiger partial charge in [0, 0.05) is 18.1 Å². The molecule has 1 atom stereocenters. The van der Waals surface area contributed by atoms with E-state index in [1.807, 2.05) is 68.8 Å². The van der Waals surface area contributed by atoms with Crippen molar-refractivity contribution in [2.45, 2.75) is 26.8 Å². The lowest BCUT2D eigenvalue weighted by Gasteiger charge is -2.12. The lowest BCUT2D eigenvalue weighted by molar-refractivity contribution is 0.0927. The van der Waals surface area contributed by atoms with Crippen LogP contribution in [0.5, 0.6) is 5.75 Å². The zero-order chi connectivity index (χ0) is 17.3. The molecule has 3 rings (SSSR count). The number of nitrogens with zero attached hydrogens (tertiary/aromatic N) is 1. The highest BCUT2D eigenvalue weighted by Crippen LogP contribution is 2.31. The number of amides is 1. The molecule has 0 spiro atoms. The second kappa shape index (κ2) is 6.43. The van der Waals surface area contributed by atoms with Crippen LogP contribution in [0, 0.1) is 6.92 Å². The number of ether oxygens (including phenoxy) is 1. The van der Waals surface area contributed by atoms with Gasteiger partial charge in [-0.3, -0.25) is 4.79 Å². The Kier molecular flexibility index (Phi) is 4.34. The quantitative estimate of drug-likeness (QED) is 0.772. The van der Waals surface area contributed by atoms with Crippen molar-refractivity contribution in [2.24, 2.45) is 7.05 Å². The Morgan fingerprint density at radius 2 is 2.12 bits per heavy atom. The van der Waals surface area contributed by atoms with Crippen LogP contribution in [-0.4, -0.2) is 17.1 Å². The second-order valence-corrected chi connectivity index (χ2v) is 5.87. The molecule has 3 aromatic rings. The van der Waals surface area contributed by atoms with Crippen molar-refractivity contribution in [3.05, 3.63) is 53.5 Å². The third kappa shape index (κ3) is 2.89. The summed E-state index contributed by atoms with van der Waals surface area (Å²) in [7, 11) is 1.88. The molecule has 0 bridgehead atoms. The first-order valence-electron chi connectivity index (χ1n) is 8.09. The first-order chi connectivity index (χ1) is 11.5. The summed E-state index contributed by atoms with van der Waals surface area (Å²) in [6.45, 7) is 6.39. The van der Waals surface area contributed by atoms with E-state index in [1.165, 1.54) is 0 Å². The van der Waals surface area contributed by atoms with Gasteiger partial charge < -0.3 is 19.0 Å². The third-order valence-electron chi connectivity index (χ3n) is 4.21. The normalized spacial score (nSPS) is 12.3. The zero-order valence-corrected chi connectivity index (χ0v) is 14.4. The van der Waals surface area contributed by atoms with Gasteiger partial charge in [-0.1, -0.05) is 12.1 Å². The minimum Gasteiger partial charge on any atom is -0.490 e. The molecule has 0 aliphatic rings. The summed E-state index contributed by atoms with van der Waals surface area (Å²) in [5.74, 6) is 1.30. The maximum absolute atomic E-state index is 12.4. The molecular formula is C19H22N2O3. The lowest BCUT2D eigenvalue weighted by Crippen LogP contribution is -2.28. The van der Waals surface area contributed by atoms with Gasteiger partial charge in [0.15, 0.2) is 11.3 Å². The van der Waals surface area contributed by atoms with Crippen molar-refractivity contribution >= 4 is 16.9 Å². The predicted molar refractivity (Wildman–Crippen MR) is 93.4 cm³/mol. The molecule has 126 valence electrons. The van der Waals surface area contributed by atoms with Crippen LogP contribution >= 0.6 is 0 Å². The average molecular weight is 326 g/mol. The number of para-hydroxylation sites is 1. The Morgan fingerprint density at radius 3 is 2.79 bits per heavy atom. The molecule has 0 saturated heterocycles. The molecule has 2 heterocycles. The van der Waals surface area contributed by atoms with Crippen LogP contribution in [0.25, 0.3) is 11.0 Å². The van der Waals surface area contributed by atoms with E-state index in [9.17, 15) is 4.79 Å². The minimum atomic E-state index is -0.241. The zero-order valence-electron chi connectivity index (χ0n) is 14.4. The van der Waals surface area contributed by atoms with Crippen LogP contribution in [0.3, 0.4) is 0 Å². The molecule has 0 aliphatic carbocycles. The van der Waals surface area contributed by atoms with E-state index in [1.54, 1.807) is 0 Å². The van der Waals surface area contributed by atoms with Gasteiger partial charge in [0.25, 0.3) is 5.91 Å². The highest BCUT2D eigenvalue weighted by atomic mass is 16.5. The van der Waals surface area contributed by atoms with E-state index in [0.29, 0.717) is 23.6 Å². The smallest absolute Gasteiger partial charge is 0.268 e. The maximum Gasteiger partial charge on any atom is 0.268 e. The van der Waals surface area contributed by atoms with Crippen LogP contribution in [0.4, 0.5) is 0 Å². The van der Waals surface area contributed by atoms with Crippen LogP contribution < -0.4 is 10.1 Å². The number of carbonyl (C=O) groups is 1. The number of fused-ring (bicyclic) bond motifs is 1. The minimum absolute atomic E-state index is 0.122. The Morgan fingerprint density at radius 1 is 1.33 bits per heavy atom. The summed E-state index contributed by atoms with van der Waals surface area (Å²) in [6.07, 6.45) is 0. The van der Waals surface area contributed by atoms with Gasteiger partial charge in [0.1, 0.15) is 11.5 Å². The molecule has 5 heteroatoms. The summed E-state index contributed by atoms with van der Waals surface area (Å²) in [6, 6.07) is 11.2. The Hall–Kier alpha value is -2.69. The van der Waals surface area contributed by atoms with E-state index < -0.39 is 0 Å². The van der Waals surface area contributed by atoms with Crippen molar-refractivity contribution < 1.29 is 13.9 Å². The van der Waals surface area contributed by atoms with Gasteiger partial charge in [-0.25, -0.2) is 0 Å². The molecule has 1 unspecified atom stereocenters. The molecular weight excluding hydrogens is 304 g/mol. The van der Waals surface area contributed by atoms with Crippen molar-refractivity contribution in [3.63, 3.8) is 0 Å². The van der Waals surface area contributed by atoms with Gasteiger partial charge in [-0.15, -0.1) is 0 Å². The topological polar surface area (TPSA) is 56.4 Å². The van der Waals surface area contributed by atoms with Crippen LogP contribution in [0.2, 0.25) is 0 Å².